The summed E-state index contributed by atoms with van der Waals surface area (Å²) in [7, 11) is 1.59. The van der Waals surface area contributed by atoms with E-state index in [9.17, 15) is 4.79 Å². The monoisotopic (exact) mass is 323 g/mol. The minimum Gasteiger partial charge on any atom is -0.497 e. The highest BCUT2D eigenvalue weighted by Gasteiger charge is 2.07. The Hall–Kier alpha value is -3.15. The summed E-state index contributed by atoms with van der Waals surface area (Å²) in [5.41, 5.74) is 2.32. The number of carbonyl (C=O) groups is 1. The smallest absolute Gasteiger partial charge is 0.255 e. The van der Waals surface area contributed by atoms with Crippen molar-refractivity contribution in [2.45, 2.75) is 13.3 Å². The lowest BCUT2D eigenvalue weighted by molar-refractivity contribution is 0.102. The van der Waals surface area contributed by atoms with E-state index in [1.807, 2.05) is 24.3 Å². The zero-order valence-corrected chi connectivity index (χ0v) is 13.4. The second-order valence-corrected chi connectivity index (χ2v) is 5.27. The minimum absolute atomic E-state index is 0.169. The van der Waals surface area contributed by atoms with Gasteiger partial charge in [-0.05, 0) is 42.0 Å². The van der Waals surface area contributed by atoms with Gasteiger partial charge in [-0.25, -0.2) is 0 Å². The molecule has 24 heavy (non-hydrogen) atoms. The summed E-state index contributed by atoms with van der Waals surface area (Å²) in [5.74, 6) is 1.67. The van der Waals surface area contributed by atoms with Crippen LogP contribution in [0, 0.1) is 6.92 Å². The highest BCUT2D eigenvalue weighted by Crippen LogP contribution is 2.16. The van der Waals surface area contributed by atoms with Gasteiger partial charge in [-0.15, -0.1) is 10.2 Å². The summed E-state index contributed by atoms with van der Waals surface area (Å²) < 4.78 is 10.4. The van der Waals surface area contributed by atoms with E-state index in [4.69, 9.17) is 9.15 Å². The predicted octanol–water partition coefficient (Wildman–Crippen LogP) is 3.23. The third-order valence-electron chi connectivity index (χ3n) is 3.49. The fourth-order valence-electron chi connectivity index (χ4n) is 2.24. The second kappa shape index (κ2) is 6.95. The number of anilines is 1. The predicted molar refractivity (Wildman–Crippen MR) is 89.2 cm³/mol. The molecule has 0 aliphatic carbocycles. The van der Waals surface area contributed by atoms with Crippen LogP contribution in [-0.2, 0) is 6.42 Å². The summed E-state index contributed by atoms with van der Waals surface area (Å²) in [6.07, 6.45) is 0.563. The van der Waals surface area contributed by atoms with E-state index < -0.39 is 0 Å². The first-order chi connectivity index (χ1) is 11.6. The maximum Gasteiger partial charge on any atom is 0.255 e. The Labute approximate surface area is 139 Å². The molecule has 0 atom stereocenters. The van der Waals surface area contributed by atoms with E-state index >= 15 is 0 Å². The van der Waals surface area contributed by atoms with Crippen molar-refractivity contribution in [2.75, 3.05) is 12.4 Å². The summed E-state index contributed by atoms with van der Waals surface area (Å²) in [6.45, 7) is 1.76. The van der Waals surface area contributed by atoms with Gasteiger partial charge in [0.2, 0.25) is 11.8 Å². The average molecular weight is 323 g/mol. The largest absolute Gasteiger partial charge is 0.497 e. The number of methoxy groups -OCH3 is 1. The fraction of sp³-hybridized carbons (Fsp3) is 0.167. The lowest BCUT2D eigenvalue weighted by Crippen LogP contribution is -2.11. The van der Waals surface area contributed by atoms with Crippen molar-refractivity contribution in [3.63, 3.8) is 0 Å². The van der Waals surface area contributed by atoms with E-state index in [0.717, 1.165) is 11.3 Å². The van der Waals surface area contributed by atoms with Gasteiger partial charge in [-0.1, -0.05) is 12.1 Å². The fourth-order valence-corrected chi connectivity index (χ4v) is 2.24. The van der Waals surface area contributed by atoms with E-state index in [-0.39, 0.29) is 5.91 Å². The molecule has 6 nitrogen and oxygen atoms in total. The molecule has 3 aromatic rings. The highest BCUT2D eigenvalue weighted by atomic mass is 16.5. The molecule has 0 bridgehead atoms. The van der Waals surface area contributed by atoms with E-state index in [1.165, 1.54) is 0 Å². The zero-order valence-electron chi connectivity index (χ0n) is 13.4. The van der Waals surface area contributed by atoms with Gasteiger partial charge in [0.1, 0.15) is 5.75 Å². The van der Waals surface area contributed by atoms with Gasteiger partial charge in [0, 0.05) is 18.2 Å². The number of aryl methyl sites for hydroxylation is 1. The molecule has 0 spiro atoms. The van der Waals surface area contributed by atoms with Crippen LogP contribution in [0.15, 0.2) is 52.9 Å². The number of carbonyl (C=O) groups excluding carboxylic acids is 1. The Kier molecular flexibility index (Phi) is 4.56. The third-order valence-corrected chi connectivity index (χ3v) is 3.49. The first-order valence-electron chi connectivity index (χ1n) is 7.47. The molecule has 0 aliphatic heterocycles. The van der Waals surface area contributed by atoms with Gasteiger partial charge in [-0.2, -0.15) is 0 Å². The topological polar surface area (TPSA) is 77.2 Å². The van der Waals surface area contributed by atoms with Gasteiger partial charge >= 0.3 is 0 Å². The summed E-state index contributed by atoms with van der Waals surface area (Å²) in [4.78, 5) is 12.2. The van der Waals surface area contributed by atoms with Crippen molar-refractivity contribution in [1.29, 1.82) is 0 Å². The number of ether oxygens (including phenoxy) is 1. The number of rotatable bonds is 5. The first kappa shape index (κ1) is 15.7. The molecule has 0 saturated carbocycles. The van der Waals surface area contributed by atoms with Crippen LogP contribution in [0.25, 0.3) is 0 Å². The van der Waals surface area contributed by atoms with Crippen molar-refractivity contribution in [1.82, 2.24) is 10.2 Å². The molecular formula is C18H17N3O3. The van der Waals surface area contributed by atoms with Crippen LogP contribution in [0.1, 0.15) is 27.7 Å². The number of benzene rings is 2. The van der Waals surface area contributed by atoms with E-state index in [1.54, 1.807) is 38.3 Å². The maximum atomic E-state index is 12.2. The number of nitrogens with zero attached hydrogens (tertiary/aromatic N) is 2. The van der Waals surface area contributed by atoms with Gasteiger partial charge in [0.25, 0.3) is 5.91 Å². The standard InChI is InChI=1S/C18H17N3O3/c1-12-20-21-17(24-12)11-13-3-7-15(8-4-13)19-18(22)14-5-9-16(23-2)10-6-14/h3-10H,11H2,1-2H3,(H,19,22). The Balaban J connectivity index is 1.63. The zero-order chi connectivity index (χ0) is 16.9. The summed E-state index contributed by atoms with van der Waals surface area (Å²) in [5, 5.41) is 10.6. The van der Waals surface area contributed by atoms with Crippen LogP contribution in [-0.4, -0.2) is 23.2 Å². The van der Waals surface area contributed by atoms with Gasteiger partial charge < -0.3 is 14.5 Å². The lowest BCUT2D eigenvalue weighted by atomic mass is 10.1. The molecule has 122 valence electrons. The quantitative estimate of drug-likeness (QED) is 0.780. The third kappa shape index (κ3) is 3.78. The minimum atomic E-state index is -0.169. The Morgan fingerprint density at radius 1 is 1.08 bits per heavy atom. The second-order valence-electron chi connectivity index (χ2n) is 5.27. The van der Waals surface area contributed by atoms with Crippen LogP contribution in [0.4, 0.5) is 5.69 Å². The Morgan fingerprint density at radius 2 is 1.79 bits per heavy atom. The molecule has 0 aliphatic rings. The number of amides is 1. The molecule has 0 unspecified atom stereocenters. The number of aromatic nitrogens is 2. The molecule has 1 heterocycles. The molecule has 1 amide bonds. The summed E-state index contributed by atoms with van der Waals surface area (Å²) in [6, 6.07) is 14.5. The van der Waals surface area contributed by atoms with E-state index in [0.29, 0.717) is 29.5 Å². The van der Waals surface area contributed by atoms with Gasteiger partial charge in [0.15, 0.2) is 0 Å². The molecule has 1 aromatic heterocycles. The maximum absolute atomic E-state index is 12.2. The van der Waals surface area contributed by atoms with Crippen LogP contribution in [0.5, 0.6) is 5.75 Å². The van der Waals surface area contributed by atoms with Gasteiger partial charge in [0.05, 0.1) is 13.5 Å². The van der Waals surface area contributed by atoms with Crippen molar-refractivity contribution in [3.05, 3.63) is 71.4 Å². The molecular weight excluding hydrogens is 306 g/mol. The van der Waals surface area contributed by atoms with Crippen molar-refractivity contribution in [3.8, 4) is 5.75 Å². The molecule has 6 heteroatoms. The molecule has 3 rings (SSSR count). The normalized spacial score (nSPS) is 10.4. The average Bonchev–Trinajstić information content (AvgIpc) is 3.01. The van der Waals surface area contributed by atoms with Crippen LogP contribution in [0.2, 0.25) is 0 Å². The van der Waals surface area contributed by atoms with E-state index in [2.05, 4.69) is 15.5 Å². The lowest BCUT2D eigenvalue weighted by Gasteiger charge is -2.07. The number of nitrogens with one attached hydrogen (secondary N) is 1. The van der Waals surface area contributed by atoms with Crippen molar-refractivity contribution < 1.29 is 13.9 Å². The number of hydrogen-bond donors (Lipinski definition) is 1. The molecule has 1 N–H and O–H groups in total. The Morgan fingerprint density at radius 3 is 2.38 bits per heavy atom. The van der Waals surface area contributed by atoms with Gasteiger partial charge in [-0.3, -0.25) is 4.79 Å². The Bertz CT molecular complexity index is 823. The highest BCUT2D eigenvalue weighted by molar-refractivity contribution is 6.04. The molecule has 2 aromatic carbocycles. The SMILES string of the molecule is COc1ccc(C(=O)Nc2ccc(Cc3nnc(C)o3)cc2)cc1. The van der Waals surface area contributed by atoms with Crippen LogP contribution >= 0.6 is 0 Å². The van der Waals surface area contributed by atoms with Crippen molar-refractivity contribution >= 4 is 11.6 Å². The first-order valence-corrected chi connectivity index (χ1v) is 7.47. The van der Waals surface area contributed by atoms with Crippen LogP contribution in [0.3, 0.4) is 0 Å². The van der Waals surface area contributed by atoms with Crippen LogP contribution < -0.4 is 10.1 Å². The van der Waals surface area contributed by atoms with Crippen molar-refractivity contribution in [2.24, 2.45) is 0 Å². The number of hydrogen-bond acceptors (Lipinski definition) is 5. The molecule has 0 radical (unpaired) electrons. The summed E-state index contributed by atoms with van der Waals surface area (Å²) >= 11 is 0. The molecule has 0 fully saturated rings. The molecule has 0 saturated heterocycles.